The Labute approximate surface area is 99.9 Å². The minimum atomic E-state index is -2.42. The summed E-state index contributed by atoms with van der Waals surface area (Å²) in [5.74, 6) is 0.283. The first-order valence-corrected chi connectivity index (χ1v) is 14.1. The Kier molecular flexibility index (Phi) is 7.94. The number of carbonyl (C=O) groups excluding carboxylic acids is 1. The molecule has 0 atom stereocenters. The van der Waals surface area contributed by atoms with Gasteiger partial charge in [0.1, 0.15) is 0 Å². The molecule has 0 N–H and O–H groups in total. The van der Waals surface area contributed by atoms with Crippen molar-refractivity contribution in [3.05, 3.63) is 0 Å². The molecule has 0 aliphatic heterocycles. The molecule has 0 radical (unpaired) electrons. The molecule has 0 aromatic heterocycles. The van der Waals surface area contributed by atoms with Crippen LogP contribution in [0.1, 0.15) is 53.9 Å². The van der Waals surface area contributed by atoms with Crippen LogP contribution in [0.2, 0.25) is 13.3 Å². The summed E-state index contributed by atoms with van der Waals surface area (Å²) in [5.41, 5.74) is 0. The Morgan fingerprint density at radius 1 is 0.933 bits per heavy atom. The molecule has 0 rings (SSSR count). The van der Waals surface area contributed by atoms with Crippen molar-refractivity contribution in [1.29, 1.82) is 0 Å². The van der Waals surface area contributed by atoms with Crippen molar-refractivity contribution < 1.29 is 4.79 Å². The van der Waals surface area contributed by atoms with Crippen molar-refractivity contribution in [2.75, 3.05) is 0 Å². The quantitative estimate of drug-likeness (QED) is 0.605. The third-order valence-corrected chi connectivity index (χ3v) is 20.3. The van der Waals surface area contributed by atoms with Gasteiger partial charge in [0, 0.05) is 0 Å². The first-order chi connectivity index (χ1) is 7.04. The molecule has 0 aliphatic rings. The van der Waals surface area contributed by atoms with Gasteiger partial charge in [0.25, 0.3) is 0 Å². The zero-order valence-electron chi connectivity index (χ0n) is 11.2. The van der Waals surface area contributed by atoms with E-state index in [1.54, 1.807) is 0 Å². The van der Waals surface area contributed by atoms with E-state index in [9.17, 15) is 4.79 Å². The second-order valence-electron chi connectivity index (χ2n) is 5.05. The standard InChI is InChI=1S/C4H7O.3C3H7.Sn/c1-4(2)3-5;3*1-3-2;/h4H,1-2H3;3*1,3H2,2H3;. The van der Waals surface area contributed by atoms with E-state index >= 15 is 0 Å². The van der Waals surface area contributed by atoms with Crippen LogP contribution >= 0.6 is 0 Å². The van der Waals surface area contributed by atoms with Crippen molar-refractivity contribution in [2.24, 2.45) is 5.92 Å². The molecular formula is C13H28OSn. The van der Waals surface area contributed by atoms with E-state index in [-0.39, 0.29) is 5.92 Å². The Balaban J connectivity index is 4.82. The van der Waals surface area contributed by atoms with Gasteiger partial charge in [-0.15, -0.1) is 0 Å². The third-order valence-electron chi connectivity index (χ3n) is 3.23. The summed E-state index contributed by atoms with van der Waals surface area (Å²) in [6, 6.07) is 0. The van der Waals surface area contributed by atoms with Gasteiger partial charge in [-0.2, -0.15) is 0 Å². The molecule has 0 bridgehead atoms. The van der Waals surface area contributed by atoms with E-state index in [1.165, 1.54) is 32.6 Å². The molecule has 0 saturated heterocycles. The van der Waals surface area contributed by atoms with E-state index in [2.05, 4.69) is 34.6 Å². The average Bonchev–Trinajstić information content (AvgIpc) is 2.17. The molecule has 90 valence electrons. The molecule has 1 nitrogen and oxygen atoms in total. The van der Waals surface area contributed by atoms with E-state index in [1.807, 2.05) is 0 Å². The van der Waals surface area contributed by atoms with E-state index in [4.69, 9.17) is 0 Å². The molecular weight excluding hydrogens is 291 g/mol. The van der Waals surface area contributed by atoms with Gasteiger partial charge >= 0.3 is 100 Å². The van der Waals surface area contributed by atoms with Crippen molar-refractivity contribution in [2.45, 2.75) is 67.2 Å². The molecule has 0 aromatic carbocycles. The number of carbonyl (C=O) groups is 1. The maximum absolute atomic E-state index is 12.4. The molecule has 0 unspecified atom stereocenters. The van der Waals surface area contributed by atoms with Crippen molar-refractivity contribution in [3.63, 3.8) is 0 Å². The summed E-state index contributed by atoms with van der Waals surface area (Å²) in [5, 5.41) is 0. The van der Waals surface area contributed by atoms with E-state index in [0.29, 0.717) is 3.80 Å². The van der Waals surface area contributed by atoms with Crippen LogP contribution in [0.15, 0.2) is 0 Å². The summed E-state index contributed by atoms with van der Waals surface area (Å²) in [6.07, 6.45) is 3.65. The number of hydrogen-bond acceptors (Lipinski definition) is 1. The van der Waals surface area contributed by atoms with E-state index < -0.39 is 18.4 Å². The molecule has 0 heterocycles. The predicted octanol–water partition coefficient (Wildman–Crippen LogP) is 4.43. The van der Waals surface area contributed by atoms with Crippen LogP contribution in [-0.2, 0) is 4.79 Å². The van der Waals surface area contributed by atoms with Gasteiger partial charge in [0.2, 0.25) is 0 Å². The van der Waals surface area contributed by atoms with Crippen LogP contribution in [0.4, 0.5) is 0 Å². The Morgan fingerprint density at radius 3 is 1.47 bits per heavy atom. The number of rotatable bonds is 8. The Morgan fingerprint density at radius 2 is 1.27 bits per heavy atom. The van der Waals surface area contributed by atoms with Crippen molar-refractivity contribution in [3.8, 4) is 0 Å². The molecule has 0 spiro atoms. The fourth-order valence-electron chi connectivity index (χ4n) is 2.79. The van der Waals surface area contributed by atoms with Crippen LogP contribution in [0.5, 0.6) is 0 Å². The maximum atomic E-state index is 12.4. The van der Waals surface area contributed by atoms with Gasteiger partial charge in [-0.3, -0.25) is 0 Å². The average molecular weight is 319 g/mol. The van der Waals surface area contributed by atoms with Gasteiger partial charge < -0.3 is 0 Å². The second kappa shape index (κ2) is 7.69. The summed E-state index contributed by atoms with van der Waals surface area (Å²) < 4.78 is 4.56. The molecule has 0 amide bonds. The van der Waals surface area contributed by atoms with Crippen LogP contribution in [0.3, 0.4) is 0 Å². The second-order valence-corrected chi connectivity index (χ2v) is 18.0. The minimum absolute atomic E-state index is 0.283. The first kappa shape index (κ1) is 15.5. The first-order valence-electron chi connectivity index (χ1n) is 6.58. The van der Waals surface area contributed by atoms with Crippen LogP contribution < -0.4 is 0 Å². The van der Waals surface area contributed by atoms with Crippen molar-refractivity contribution >= 4 is 22.2 Å². The predicted molar refractivity (Wildman–Crippen MR) is 70.9 cm³/mol. The summed E-state index contributed by atoms with van der Waals surface area (Å²) in [4.78, 5) is 12.4. The number of hydrogen-bond donors (Lipinski definition) is 0. The van der Waals surface area contributed by atoms with E-state index in [0.717, 1.165) is 0 Å². The van der Waals surface area contributed by atoms with Crippen LogP contribution in [-0.4, -0.2) is 22.2 Å². The SMILES string of the molecule is CC[CH2][Sn]([CH2]CC)([CH2]CC)[C](=O)C(C)C. The third kappa shape index (κ3) is 4.46. The van der Waals surface area contributed by atoms with Gasteiger partial charge in [0.05, 0.1) is 0 Å². The monoisotopic (exact) mass is 320 g/mol. The van der Waals surface area contributed by atoms with Crippen molar-refractivity contribution in [1.82, 2.24) is 0 Å². The van der Waals surface area contributed by atoms with Gasteiger partial charge in [-0.25, -0.2) is 0 Å². The summed E-state index contributed by atoms with van der Waals surface area (Å²) >= 11 is -2.42. The van der Waals surface area contributed by atoms with Crippen LogP contribution in [0, 0.1) is 5.92 Å². The molecule has 0 aliphatic carbocycles. The summed E-state index contributed by atoms with van der Waals surface area (Å²) in [7, 11) is 0. The molecule has 0 aromatic rings. The zero-order chi connectivity index (χ0) is 11.9. The Bertz CT molecular complexity index is 170. The molecule has 15 heavy (non-hydrogen) atoms. The van der Waals surface area contributed by atoms with Gasteiger partial charge in [-0.1, -0.05) is 0 Å². The summed E-state index contributed by atoms with van der Waals surface area (Å²) in [6.45, 7) is 10.9. The normalized spacial score (nSPS) is 12.1. The zero-order valence-corrected chi connectivity index (χ0v) is 14.1. The fraction of sp³-hybridized carbons (Fsp3) is 0.923. The van der Waals surface area contributed by atoms with Crippen LogP contribution in [0.25, 0.3) is 0 Å². The fourth-order valence-corrected chi connectivity index (χ4v) is 18.7. The Hall–Kier alpha value is 0.469. The van der Waals surface area contributed by atoms with Gasteiger partial charge in [0.15, 0.2) is 0 Å². The molecule has 0 saturated carbocycles. The van der Waals surface area contributed by atoms with Gasteiger partial charge in [-0.05, 0) is 0 Å². The topological polar surface area (TPSA) is 17.1 Å². The molecule has 2 heteroatoms. The molecule has 0 fully saturated rings.